The number of carboxylic acid groups (broad SMARTS) is 1. The van der Waals surface area contributed by atoms with Gasteiger partial charge in [-0.3, -0.25) is 0 Å². The molecule has 1 aromatic heterocycles. The highest BCUT2D eigenvalue weighted by Crippen LogP contribution is 2.30. The fourth-order valence-corrected chi connectivity index (χ4v) is 3.64. The van der Waals surface area contributed by atoms with E-state index < -0.39 is 5.97 Å². The van der Waals surface area contributed by atoms with Crippen molar-refractivity contribution >= 4 is 38.9 Å². The molecule has 1 N–H and O–H groups in total. The second-order valence-electron chi connectivity index (χ2n) is 3.20. The van der Waals surface area contributed by atoms with E-state index in [1.165, 1.54) is 0 Å². The molecule has 17 heavy (non-hydrogen) atoms. The molecular weight excluding hydrogens is 276 g/mol. The zero-order valence-corrected chi connectivity index (χ0v) is 11.0. The largest absolute Gasteiger partial charge is 0.482 e. The van der Waals surface area contributed by atoms with Gasteiger partial charge in [0.2, 0.25) is 0 Å². The van der Waals surface area contributed by atoms with Crippen LogP contribution in [0.2, 0.25) is 0 Å². The molecule has 3 nitrogen and oxygen atoms in total. The Labute approximate surface area is 110 Å². The van der Waals surface area contributed by atoms with E-state index in [1.807, 2.05) is 18.2 Å². The van der Waals surface area contributed by atoms with Crippen molar-refractivity contribution in [2.45, 2.75) is 0 Å². The Morgan fingerprint density at radius 2 is 2.00 bits per heavy atom. The van der Waals surface area contributed by atoms with Crippen LogP contribution in [0, 0.1) is 3.82 Å². The Bertz CT molecular complexity index is 568. The van der Waals surface area contributed by atoms with E-state index in [4.69, 9.17) is 22.1 Å². The van der Waals surface area contributed by atoms with Crippen LogP contribution in [0.3, 0.4) is 0 Å². The van der Waals surface area contributed by atoms with E-state index in [1.54, 1.807) is 32.8 Å². The molecule has 1 aromatic carbocycles. The SMILES string of the molecule is O=C(O)COc1ccc(-c2cc(=S)ss2)cc1. The van der Waals surface area contributed by atoms with Crippen LogP contribution in [-0.2, 0) is 4.79 Å². The highest BCUT2D eigenvalue weighted by atomic mass is 32.9. The molecule has 0 amide bonds. The number of carbonyl (C=O) groups is 1. The molecule has 6 heteroatoms. The number of aliphatic carboxylic acids is 1. The van der Waals surface area contributed by atoms with E-state index in [0.717, 1.165) is 14.3 Å². The van der Waals surface area contributed by atoms with Crippen molar-refractivity contribution in [3.8, 4) is 16.2 Å². The number of benzene rings is 1. The number of ether oxygens (including phenoxy) is 1. The topological polar surface area (TPSA) is 46.5 Å². The summed E-state index contributed by atoms with van der Waals surface area (Å²) >= 11 is 5.07. The van der Waals surface area contributed by atoms with Gasteiger partial charge in [-0.1, -0.05) is 32.9 Å². The van der Waals surface area contributed by atoms with E-state index >= 15 is 0 Å². The van der Waals surface area contributed by atoms with Gasteiger partial charge in [0.15, 0.2) is 6.61 Å². The van der Waals surface area contributed by atoms with Crippen LogP contribution in [0.1, 0.15) is 0 Å². The molecule has 2 rings (SSSR count). The molecule has 0 spiro atoms. The first kappa shape index (κ1) is 12.2. The van der Waals surface area contributed by atoms with E-state index in [-0.39, 0.29) is 6.61 Å². The Balaban J connectivity index is 2.13. The fraction of sp³-hybridized carbons (Fsp3) is 0.0909. The maximum atomic E-state index is 10.3. The molecule has 88 valence electrons. The summed E-state index contributed by atoms with van der Waals surface area (Å²) in [4.78, 5) is 11.4. The third-order valence-corrected chi connectivity index (χ3v) is 4.87. The lowest BCUT2D eigenvalue weighted by molar-refractivity contribution is -0.139. The van der Waals surface area contributed by atoms with Gasteiger partial charge in [0, 0.05) is 4.88 Å². The molecule has 0 aliphatic heterocycles. The highest BCUT2D eigenvalue weighted by molar-refractivity contribution is 7.80. The molecule has 0 aliphatic rings. The van der Waals surface area contributed by atoms with Crippen molar-refractivity contribution in [2.75, 3.05) is 6.61 Å². The van der Waals surface area contributed by atoms with Crippen molar-refractivity contribution in [3.63, 3.8) is 0 Å². The van der Waals surface area contributed by atoms with Gasteiger partial charge in [-0.25, -0.2) is 4.79 Å². The van der Waals surface area contributed by atoms with Crippen molar-refractivity contribution < 1.29 is 14.6 Å². The van der Waals surface area contributed by atoms with Gasteiger partial charge >= 0.3 is 5.97 Å². The van der Waals surface area contributed by atoms with Gasteiger partial charge in [-0.05, 0) is 35.9 Å². The predicted octanol–water partition coefficient (Wildman–Crippen LogP) is 3.67. The van der Waals surface area contributed by atoms with Gasteiger partial charge in [-0.2, -0.15) is 0 Å². The smallest absolute Gasteiger partial charge is 0.341 e. The van der Waals surface area contributed by atoms with Crippen LogP contribution >= 0.6 is 32.9 Å². The van der Waals surface area contributed by atoms with Crippen LogP contribution < -0.4 is 4.74 Å². The summed E-state index contributed by atoms with van der Waals surface area (Å²) in [5.41, 5.74) is 1.06. The van der Waals surface area contributed by atoms with E-state index in [9.17, 15) is 4.79 Å². The van der Waals surface area contributed by atoms with E-state index in [0.29, 0.717) is 5.75 Å². The second-order valence-corrected chi connectivity index (χ2v) is 6.11. The molecular formula is C11H8O3S3. The minimum atomic E-state index is -0.982. The average Bonchev–Trinajstić information content (AvgIpc) is 2.74. The number of carboxylic acids is 1. The van der Waals surface area contributed by atoms with E-state index in [2.05, 4.69) is 0 Å². The van der Waals surface area contributed by atoms with Crippen LogP contribution in [0.4, 0.5) is 0 Å². The third-order valence-electron chi connectivity index (χ3n) is 1.96. The second kappa shape index (κ2) is 5.39. The monoisotopic (exact) mass is 284 g/mol. The van der Waals surface area contributed by atoms with Crippen LogP contribution in [0.5, 0.6) is 5.75 Å². The molecule has 0 saturated heterocycles. The zero-order valence-electron chi connectivity index (χ0n) is 8.58. The molecule has 2 aromatic rings. The highest BCUT2D eigenvalue weighted by Gasteiger charge is 2.02. The molecule has 0 radical (unpaired) electrons. The predicted molar refractivity (Wildman–Crippen MR) is 71.6 cm³/mol. The Hall–Kier alpha value is -1.24. The maximum Gasteiger partial charge on any atom is 0.341 e. The summed E-state index contributed by atoms with van der Waals surface area (Å²) in [5, 5.41) is 8.48. The summed E-state index contributed by atoms with van der Waals surface area (Å²) in [6.45, 7) is -0.323. The lowest BCUT2D eigenvalue weighted by Crippen LogP contribution is -2.09. The Kier molecular flexibility index (Phi) is 3.88. The molecule has 0 fully saturated rings. The summed E-state index contributed by atoms with van der Waals surface area (Å²) < 4.78 is 5.92. The van der Waals surface area contributed by atoms with Crippen molar-refractivity contribution in [1.82, 2.24) is 0 Å². The lowest BCUT2D eigenvalue weighted by atomic mass is 10.2. The first-order valence-corrected chi connectivity index (χ1v) is 7.26. The van der Waals surface area contributed by atoms with Crippen molar-refractivity contribution in [1.29, 1.82) is 0 Å². The summed E-state index contributed by atoms with van der Waals surface area (Å²) in [5.74, 6) is -0.431. The third kappa shape index (κ3) is 3.36. The molecule has 0 aliphatic carbocycles. The average molecular weight is 284 g/mol. The number of hydrogen-bond acceptors (Lipinski definition) is 5. The van der Waals surface area contributed by atoms with Crippen LogP contribution in [0.25, 0.3) is 10.4 Å². The van der Waals surface area contributed by atoms with Gasteiger partial charge in [-0.15, -0.1) is 0 Å². The Morgan fingerprint density at radius 3 is 2.53 bits per heavy atom. The quantitative estimate of drug-likeness (QED) is 0.687. The van der Waals surface area contributed by atoms with Crippen molar-refractivity contribution in [2.24, 2.45) is 0 Å². The van der Waals surface area contributed by atoms with Gasteiger partial charge < -0.3 is 9.84 Å². The number of rotatable bonds is 4. The van der Waals surface area contributed by atoms with Gasteiger partial charge in [0.1, 0.15) is 9.57 Å². The minimum Gasteiger partial charge on any atom is -0.482 e. The summed E-state index contributed by atoms with van der Waals surface area (Å²) in [6, 6.07) is 9.25. The molecule has 0 unspecified atom stereocenters. The lowest BCUT2D eigenvalue weighted by Gasteiger charge is -2.03. The van der Waals surface area contributed by atoms with Crippen LogP contribution in [-0.4, -0.2) is 17.7 Å². The molecule has 0 saturated carbocycles. The first-order chi connectivity index (χ1) is 8.15. The van der Waals surface area contributed by atoms with Crippen LogP contribution in [0.15, 0.2) is 30.3 Å². The summed E-state index contributed by atoms with van der Waals surface area (Å²) in [7, 11) is 3.19. The molecule has 0 atom stereocenters. The fourth-order valence-electron chi connectivity index (χ4n) is 1.23. The molecule has 1 heterocycles. The Morgan fingerprint density at radius 1 is 1.29 bits per heavy atom. The normalized spacial score (nSPS) is 10.1. The van der Waals surface area contributed by atoms with Gasteiger partial charge in [0.05, 0.1) is 0 Å². The van der Waals surface area contributed by atoms with Crippen molar-refractivity contribution in [3.05, 3.63) is 34.2 Å². The minimum absolute atomic E-state index is 0.323. The van der Waals surface area contributed by atoms with Gasteiger partial charge in [0.25, 0.3) is 0 Å². The molecule has 0 bridgehead atoms. The summed E-state index contributed by atoms with van der Waals surface area (Å²) in [6.07, 6.45) is 0. The zero-order chi connectivity index (χ0) is 12.3. The standard InChI is InChI=1S/C11H8O3S3/c12-10(13)6-14-8-3-1-7(2-4-8)9-5-11(15)17-16-9/h1-5H,6H2,(H,12,13). The number of hydrogen-bond donors (Lipinski definition) is 1. The first-order valence-electron chi connectivity index (χ1n) is 4.70. The maximum absolute atomic E-state index is 10.3.